The zero-order chi connectivity index (χ0) is 17.1. The lowest BCUT2D eigenvalue weighted by molar-refractivity contribution is 0.206. The number of rotatable bonds is 4. The summed E-state index contributed by atoms with van der Waals surface area (Å²) in [7, 11) is 1.72. The highest BCUT2D eigenvalue weighted by molar-refractivity contribution is 7.18. The van der Waals surface area contributed by atoms with Gasteiger partial charge in [0.25, 0.3) is 0 Å². The van der Waals surface area contributed by atoms with Crippen molar-refractivity contribution in [3.63, 3.8) is 0 Å². The molecule has 0 aliphatic carbocycles. The molecular formula is C18H18FN3OS. The van der Waals surface area contributed by atoms with Crippen molar-refractivity contribution in [3.8, 4) is 0 Å². The number of para-hydroxylation sites is 1. The summed E-state index contributed by atoms with van der Waals surface area (Å²) in [5.41, 5.74) is 2.28. The van der Waals surface area contributed by atoms with Crippen LogP contribution in [0, 0.1) is 12.7 Å². The number of aryl methyl sites for hydroxylation is 1. The van der Waals surface area contributed by atoms with Crippen LogP contribution in [0.1, 0.15) is 16.1 Å². The molecule has 6 heteroatoms. The van der Waals surface area contributed by atoms with Crippen molar-refractivity contribution in [2.75, 3.05) is 7.05 Å². The quantitative estimate of drug-likeness (QED) is 0.776. The second-order valence-electron chi connectivity index (χ2n) is 5.67. The highest BCUT2D eigenvalue weighted by Crippen LogP contribution is 2.22. The van der Waals surface area contributed by atoms with Crippen LogP contribution >= 0.6 is 11.3 Å². The molecule has 124 valence electrons. The minimum absolute atomic E-state index is 0.213. The molecule has 0 unspecified atom stereocenters. The summed E-state index contributed by atoms with van der Waals surface area (Å²) >= 11 is 1.58. The topological polar surface area (TPSA) is 45.2 Å². The van der Waals surface area contributed by atoms with Crippen molar-refractivity contribution in [3.05, 3.63) is 64.4 Å². The van der Waals surface area contributed by atoms with Gasteiger partial charge in [-0.2, -0.15) is 0 Å². The Morgan fingerprint density at radius 1 is 1.29 bits per heavy atom. The number of thiazole rings is 1. The monoisotopic (exact) mass is 343 g/mol. The van der Waals surface area contributed by atoms with Crippen LogP contribution in [0.25, 0.3) is 10.2 Å². The molecule has 2 aromatic carbocycles. The Morgan fingerprint density at radius 3 is 2.83 bits per heavy atom. The Hall–Kier alpha value is -2.47. The van der Waals surface area contributed by atoms with Gasteiger partial charge in [0, 0.05) is 13.6 Å². The molecule has 0 fully saturated rings. The Kier molecular flexibility index (Phi) is 4.76. The number of carbonyl (C=O) groups is 1. The van der Waals surface area contributed by atoms with Crippen molar-refractivity contribution in [2.45, 2.75) is 20.0 Å². The molecule has 1 heterocycles. The Balaban J connectivity index is 1.58. The van der Waals surface area contributed by atoms with Crippen LogP contribution in [0.5, 0.6) is 0 Å². The van der Waals surface area contributed by atoms with E-state index in [4.69, 9.17) is 0 Å². The molecule has 0 bridgehead atoms. The zero-order valence-corrected chi connectivity index (χ0v) is 14.4. The molecule has 4 nitrogen and oxygen atoms in total. The number of urea groups is 1. The van der Waals surface area contributed by atoms with Gasteiger partial charge in [-0.25, -0.2) is 14.2 Å². The predicted octanol–water partition coefficient (Wildman–Crippen LogP) is 4.09. The van der Waals surface area contributed by atoms with Crippen LogP contribution in [0.2, 0.25) is 0 Å². The first-order valence-electron chi connectivity index (χ1n) is 7.61. The Bertz CT molecular complexity index is 845. The van der Waals surface area contributed by atoms with E-state index in [2.05, 4.69) is 10.3 Å². The van der Waals surface area contributed by atoms with Gasteiger partial charge in [0.15, 0.2) is 0 Å². The van der Waals surface area contributed by atoms with E-state index in [1.54, 1.807) is 36.3 Å². The second-order valence-corrected chi connectivity index (χ2v) is 6.79. The number of benzene rings is 2. The molecule has 0 aliphatic heterocycles. The zero-order valence-electron chi connectivity index (χ0n) is 13.5. The maximum Gasteiger partial charge on any atom is 0.317 e. The summed E-state index contributed by atoms with van der Waals surface area (Å²) in [6.07, 6.45) is 0. The summed E-state index contributed by atoms with van der Waals surface area (Å²) in [5.74, 6) is -0.260. The van der Waals surface area contributed by atoms with Crippen LogP contribution in [-0.2, 0) is 13.1 Å². The summed E-state index contributed by atoms with van der Waals surface area (Å²) in [6, 6.07) is 12.7. The van der Waals surface area contributed by atoms with E-state index in [9.17, 15) is 9.18 Å². The average Bonchev–Trinajstić information content (AvgIpc) is 2.97. The number of aromatic nitrogens is 1. The molecule has 2 amide bonds. The number of halogens is 1. The van der Waals surface area contributed by atoms with Gasteiger partial charge in [0.05, 0.1) is 16.8 Å². The van der Waals surface area contributed by atoms with Crippen LogP contribution in [0.4, 0.5) is 9.18 Å². The van der Waals surface area contributed by atoms with E-state index in [0.717, 1.165) is 20.8 Å². The largest absolute Gasteiger partial charge is 0.334 e. The van der Waals surface area contributed by atoms with Crippen molar-refractivity contribution < 1.29 is 9.18 Å². The van der Waals surface area contributed by atoms with Crippen LogP contribution < -0.4 is 5.32 Å². The SMILES string of the molecule is Cc1ccc(CNC(=O)N(C)Cc2nc3ccccc3s2)cc1F. The number of nitrogens with one attached hydrogen (secondary N) is 1. The fraction of sp³-hybridized carbons (Fsp3) is 0.222. The molecular weight excluding hydrogens is 325 g/mol. The molecule has 3 aromatic rings. The van der Waals surface area contributed by atoms with Crippen LogP contribution in [0.3, 0.4) is 0 Å². The van der Waals surface area contributed by atoms with E-state index in [0.29, 0.717) is 18.7 Å². The van der Waals surface area contributed by atoms with E-state index in [-0.39, 0.29) is 11.8 Å². The molecule has 1 aromatic heterocycles. The average molecular weight is 343 g/mol. The molecule has 24 heavy (non-hydrogen) atoms. The first kappa shape index (κ1) is 16.4. The van der Waals surface area contributed by atoms with Gasteiger partial charge in [-0.1, -0.05) is 24.3 Å². The number of hydrogen-bond acceptors (Lipinski definition) is 3. The normalized spacial score (nSPS) is 10.8. The van der Waals surface area contributed by atoms with Gasteiger partial charge in [-0.15, -0.1) is 11.3 Å². The van der Waals surface area contributed by atoms with E-state index in [1.165, 1.54) is 6.07 Å². The molecule has 0 saturated heterocycles. The first-order chi connectivity index (χ1) is 11.5. The molecule has 0 aliphatic rings. The van der Waals surface area contributed by atoms with Crippen molar-refractivity contribution in [1.82, 2.24) is 15.2 Å². The minimum atomic E-state index is -0.260. The lowest BCUT2D eigenvalue weighted by Gasteiger charge is -2.16. The van der Waals surface area contributed by atoms with E-state index >= 15 is 0 Å². The number of nitrogens with zero attached hydrogens (tertiary/aromatic N) is 2. The van der Waals surface area contributed by atoms with E-state index in [1.807, 2.05) is 30.3 Å². The van der Waals surface area contributed by atoms with Crippen molar-refractivity contribution in [2.24, 2.45) is 0 Å². The number of hydrogen-bond donors (Lipinski definition) is 1. The molecule has 0 atom stereocenters. The van der Waals surface area contributed by atoms with Gasteiger partial charge in [0.1, 0.15) is 10.8 Å². The summed E-state index contributed by atoms with van der Waals surface area (Å²) in [5, 5.41) is 3.68. The van der Waals surface area contributed by atoms with Crippen LogP contribution in [0.15, 0.2) is 42.5 Å². The Labute approximate surface area is 143 Å². The number of carbonyl (C=O) groups excluding carboxylic acids is 1. The predicted molar refractivity (Wildman–Crippen MR) is 94.5 cm³/mol. The van der Waals surface area contributed by atoms with Crippen LogP contribution in [-0.4, -0.2) is 23.0 Å². The maximum absolute atomic E-state index is 13.5. The highest BCUT2D eigenvalue weighted by Gasteiger charge is 2.12. The van der Waals surface area contributed by atoms with Gasteiger partial charge in [0.2, 0.25) is 0 Å². The number of fused-ring (bicyclic) bond motifs is 1. The second kappa shape index (κ2) is 6.97. The maximum atomic E-state index is 13.5. The first-order valence-corrected chi connectivity index (χ1v) is 8.43. The Morgan fingerprint density at radius 2 is 2.08 bits per heavy atom. The van der Waals surface area contributed by atoms with Crippen molar-refractivity contribution in [1.29, 1.82) is 0 Å². The molecule has 0 spiro atoms. The smallest absolute Gasteiger partial charge is 0.317 e. The molecule has 3 rings (SSSR count). The van der Waals surface area contributed by atoms with Gasteiger partial charge in [-0.05, 0) is 36.2 Å². The standard InChI is InChI=1S/C18H18FN3OS/c1-12-7-8-13(9-14(12)19)10-20-18(23)22(2)11-17-21-15-5-3-4-6-16(15)24-17/h3-9H,10-11H2,1-2H3,(H,20,23). The molecule has 0 radical (unpaired) electrons. The number of amides is 2. The lowest BCUT2D eigenvalue weighted by atomic mass is 10.1. The lowest BCUT2D eigenvalue weighted by Crippen LogP contribution is -2.36. The fourth-order valence-corrected chi connectivity index (χ4v) is 3.34. The summed E-state index contributed by atoms with van der Waals surface area (Å²) in [6.45, 7) is 2.44. The van der Waals surface area contributed by atoms with Crippen molar-refractivity contribution >= 4 is 27.6 Å². The third-order valence-corrected chi connectivity index (χ3v) is 4.76. The van der Waals surface area contributed by atoms with E-state index < -0.39 is 0 Å². The highest BCUT2D eigenvalue weighted by atomic mass is 32.1. The summed E-state index contributed by atoms with van der Waals surface area (Å²) < 4.78 is 14.6. The van der Waals surface area contributed by atoms with Gasteiger partial charge < -0.3 is 10.2 Å². The molecule has 0 saturated carbocycles. The fourth-order valence-electron chi connectivity index (χ4n) is 2.32. The minimum Gasteiger partial charge on any atom is -0.334 e. The van der Waals surface area contributed by atoms with Gasteiger partial charge in [-0.3, -0.25) is 0 Å². The van der Waals surface area contributed by atoms with Gasteiger partial charge >= 0.3 is 6.03 Å². The summed E-state index contributed by atoms with van der Waals surface area (Å²) in [4.78, 5) is 18.3. The third kappa shape index (κ3) is 3.71. The third-order valence-electron chi connectivity index (χ3n) is 3.74. The molecule has 1 N–H and O–H groups in total.